The van der Waals surface area contributed by atoms with Crippen LogP contribution in [0.25, 0.3) is 0 Å². The van der Waals surface area contributed by atoms with Crippen LogP contribution < -0.4 is 0 Å². The minimum atomic E-state index is -0.608. The van der Waals surface area contributed by atoms with Gasteiger partial charge in [0.05, 0.1) is 6.42 Å². The van der Waals surface area contributed by atoms with Gasteiger partial charge in [-0.1, -0.05) is 40.2 Å². The third-order valence-electron chi connectivity index (χ3n) is 3.67. The van der Waals surface area contributed by atoms with Gasteiger partial charge in [-0.3, -0.25) is 9.78 Å². The molecule has 0 amide bonds. The summed E-state index contributed by atoms with van der Waals surface area (Å²) in [5, 5.41) is 0. The van der Waals surface area contributed by atoms with Crippen LogP contribution in [0.3, 0.4) is 0 Å². The van der Waals surface area contributed by atoms with E-state index >= 15 is 0 Å². The second-order valence-corrected chi connectivity index (χ2v) is 6.42. The zero-order chi connectivity index (χ0) is 17.6. The number of hydrogen-bond donors (Lipinski definition) is 0. The molecule has 0 spiro atoms. The highest BCUT2D eigenvalue weighted by Crippen LogP contribution is 2.26. The topological polar surface area (TPSA) is 39.2 Å². The molecule has 2 aromatic carbocycles. The van der Waals surface area contributed by atoms with E-state index in [1.807, 2.05) is 24.3 Å². The van der Waals surface area contributed by atoms with E-state index in [9.17, 15) is 9.18 Å². The molecule has 3 nitrogen and oxygen atoms in total. The minimum absolute atomic E-state index is 0.155. The molecule has 0 aliphatic rings. The number of aromatic nitrogens is 1. The number of halogens is 2. The van der Waals surface area contributed by atoms with Crippen molar-refractivity contribution in [3.63, 3.8) is 0 Å². The summed E-state index contributed by atoms with van der Waals surface area (Å²) in [6.45, 7) is 0. The van der Waals surface area contributed by atoms with E-state index in [1.165, 1.54) is 12.1 Å². The molecular formula is C20H15BrFNO2. The predicted octanol–water partition coefficient (Wildman–Crippen LogP) is 4.86. The van der Waals surface area contributed by atoms with Crippen molar-refractivity contribution < 1.29 is 13.9 Å². The summed E-state index contributed by atoms with van der Waals surface area (Å²) in [4.78, 5) is 16.4. The molecular weight excluding hydrogens is 385 g/mol. The normalized spacial score (nSPS) is 11.8. The number of benzene rings is 2. The zero-order valence-electron chi connectivity index (χ0n) is 13.2. The number of hydrogen-bond acceptors (Lipinski definition) is 3. The molecule has 0 aliphatic carbocycles. The number of rotatable bonds is 5. The molecule has 0 fully saturated rings. The highest BCUT2D eigenvalue weighted by Gasteiger charge is 2.19. The first-order chi connectivity index (χ1) is 12.1. The predicted molar refractivity (Wildman–Crippen MR) is 96.4 cm³/mol. The van der Waals surface area contributed by atoms with Crippen LogP contribution in [0, 0.1) is 5.82 Å². The first-order valence-corrected chi connectivity index (χ1v) is 8.50. The molecule has 0 N–H and O–H groups in total. The van der Waals surface area contributed by atoms with Gasteiger partial charge in [-0.25, -0.2) is 4.39 Å². The van der Waals surface area contributed by atoms with Gasteiger partial charge < -0.3 is 4.74 Å². The van der Waals surface area contributed by atoms with Gasteiger partial charge in [0.25, 0.3) is 0 Å². The molecule has 3 rings (SSSR count). The summed E-state index contributed by atoms with van der Waals surface area (Å²) in [5.41, 5.74) is 2.34. The highest BCUT2D eigenvalue weighted by atomic mass is 79.9. The molecule has 25 heavy (non-hydrogen) atoms. The standard InChI is InChI=1S/C20H15BrFNO2/c21-17-3-1-2-14(12-17)13-19(24)25-20(16-8-10-23-11-9-16)15-4-6-18(22)7-5-15/h1-12,20H,13H2/t20-/m1/s1. The molecule has 0 saturated heterocycles. The lowest BCUT2D eigenvalue weighted by atomic mass is 10.0. The van der Waals surface area contributed by atoms with Crippen LogP contribution in [0.2, 0.25) is 0 Å². The fourth-order valence-corrected chi connectivity index (χ4v) is 2.94. The Bertz CT molecular complexity index is 853. The molecule has 1 atom stereocenters. The Morgan fingerprint density at radius 2 is 1.72 bits per heavy atom. The zero-order valence-corrected chi connectivity index (χ0v) is 14.8. The van der Waals surface area contributed by atoms with Gasteiger partial charge in [0.15, 0.2) is 6.10 Å². The maximum Gasteiger partial charge on any atom is 0.311 e. The molecule has 0 aliphatic heterocycles. The Labute approximate surface area is 153 Å². The van der Waals surface area contributed by atoms with Gasteiger partial charge in [-0.05, 0) is 47.5 Å². The smallest absolute Gasteiger partial charge is 0.311 e. The first kappa shape index (κ1) is 17.3. The molecule has 0 unspecified atom stereocenters. The van der Waals surface area contributed by atoms with Crippen molar-refractivity contribution in [3.05, 3.63) is 100 Å². The van der Waals surface area contributed by atoms with Crippen molar-refractivity contribution >= 4 is 21.9 Å². The summed E-state index contributed by atoms with van der Waals surface area (Å²) in [6, 6.07) is 17.0. The van der Waals surface area contributed by atoms with Crippen molar-refractivity contribution in [3.8, 4) is 0 Å². The number of carbonyl (C=O) groups is 1. The summed E-state index contributed by atoms with van der Waals surface area (Å²) < 4.78 is 19.8. The Morgan fingerprint density at radius 3 is 2.40 bits per heavy atom. The Hall–Kier alpha value is -2.53. The number of ether oxygens (including phenoxy) is 1. The molecule has 3 aromatic rings. The van der Waals surface area contributed by atoms with Crippen LogP contribution in [0.1, 0.15) is 22.8 Å². The molecule has 0 saturated carbocycles. The van der Waals surface area contributed by atoms with Crippen LogP contribution in [0.15, 0.2) is 77.5 Å². The van der Waals surface area contributed by atoms with E-state index in [4.69, 9.17) is 4.74 Å². The number of esters is 1. The van der Waals surface area contributed by atoms with Crippen molar-refractivity contribution in [1.82, 2.24) is 4.98 Å². The fraction of sp³-hybridized carbons (Fsp3) is 0.100. The lowest BCUT2D eigenvalue weighted by Crippen LogP contribution is -2.15. The summed E-state index contributed by atoms with van der Waals surface area (Å²) in [5.74, 6) is -0.693. The van der Waals surface area contributed by atoms with Crippen molar-refractivity contribution in [2.45, 2.75) is 12.5 Å². The Morgan fingerprint density at radius 1 is 1.04 bits per heavy atom. The van der Waals surface area contributed by atoms with Gasteiger partial charge in [0.2, 0.25) is 0 Å². The average molecular weight is 400 g/mol. The van der Waals surface area contributed by atoms with Gasteiger partial charge in [0.1, 0.15) is 5.82 Å². The van der Waals surface area contributed by atoms with Crippen molar-refractivity contribution in [2.75, 3.05) is 0 Å². The van der Waals surface area contributed by atoms with E-state index in [1.54, 1.807) is 36.7 Å². The van der Waals surface area contributed by atoms with Gasteiger partial charge in [0, 0.05) is 22.4 Å². The molecule has 0 bridgehead atoms. The maximum atomic E-state index is 13.2. The lowest BCUT2D eigenvalue weighted by Gasteiger charge is -2.19. The van der Waals surface area contributed by atoms with E-state index in [2.05, 4.69) is 20.9 Å². The monoisotopic (exact) mass is 399 g/mol. The minimum Gasteiger partial charge on any atom is -0.452 e. The first-order valence-electron chi connectivity index (χ1n) is 7.71. The van der Waals surface area contributed by atoms with E-state index in [0.29, 0.717) is 5.56 Å². The lowest BCUT2D eigenvalue weighted by molar-refractivity contribution is -0.146. The van der Waals surface area contributed by atoms with Gasteiger partial charge in [-0.2, -0.15) is 0 Å². The quantitative estimate of drug-likeness (QED) is 0.575. The van der Waals surface area contributed by atoms with Gasteiger partial charge >= 0.3 is 5.97 Å². The molecule has 1 heterocycles. The maximum absolute atomic E-state index is 13.2. The van der Waals surface area contributed by atoms with Crippen LogP contribution >= 0.6 is 15.9 Å². The Kier molecular flexibility index (Phi) is 5.56. The summed E-state index contributed by atoms with van der Waals surface area (Å²) >= 11 is 3.39. The van der Waals surface area contributed by atoms with E-state index < -0.39 is 6.10 Å². The second kappa shape index (κ2) is 8.03. The number of nitrogens with zero attached hydrogens (tertiary/aromatic N) is 1. The number of pyridine rings is 1. The molecule has 0 radical (unpaired) electrons. The van der Waals surface area contributed by atoms with Gasteiger partial charge in [-0.15, -0.1) is 0 Å². The Balaban J connectivity index is 1.82. The van der Waals surface area contributed by atoms with E-state index in [-0.39, 0.29) is 18.2 Å². The third kappa shape index (κ3) is 4.73. The average Bonchev–Trinajstić information content (AvgIpc) is 2.61. The van der Waals surface area contributed by atoms with E-state index in [0.717, 1.165) is 15.6 Å². The highest BCUT2D eigenvalue weighted by molar-refractivity contribution is 9.10. The van der Waals surface area contributed by atoms with Crippen LogP contribution in [-0.2, 0) is 16.0 Å². The largest absolute Gasteiger partial charge is 0.452 e. The molecule has 5 heteroatoms. The molecule has 1 aromatic heterocycles. The molecule has 126 valence electrons. The second-order valence-electron chi connectivity index (χ2n) is 5.51. The van der Waals surface area contributed by atoms with Crippen molar-refractivity contribution in [2.24, 2.45) is 0 Å². The number of carbonyl (C=O) groups excluding carboxylic acids is 1. The van der Waals surface area contributed by atoms with Crippen LogP contribution in [-0.4, -0.2) is 11.0 Å². The van der Waals surface area contributed by atoms with Crippen LogP contribution in [0.4, 0.5) is 4.39 Å². The van der Waals surface area contributed by atoms with Crippen LogP contribution in [0.5, 0.6) is 0 Å². The summed E-state index contributed by atoms with van der Waals surface area (Å²) in [7, 11) is 0. The van der Waals surface area contributed by atoms with Crippen molar-refractivity contribution in [1.29, 1.82) is 0 Å². The summed E-state index contributed by atoms with van der Waals surface area (Å²) in [6.07, 6.45) is 2.81. The third-order valence-corrected chi connectivity index (χ3v) is 4.16. The fourth-order valence-electron chi connectivity index (χ4n) is 2.49. The SMILES string of the molecule is O=C(Cc1cccc(Br)c1)O[C@@H](c1ccncc1)c1ccc(F)cc1.